The fourth-order valence-corrected chi connectivity index (χ4v) is 2.26. The summed E-state index contributed by atoms with van der Waals surface area (Å²) in [5.41, 5.74) is 2.96. The smallest absolute Gasteiger partial charge is 0.161 e. The average molecular weight is 318 g/mol. The first-order valence-electron chi connectivity index (χ1n) is 5.86. The van der Waals surface area contributed by atoms with Crippen LogP contribution in [0.25, 0.3) is 11.2 Å². The number of ether oxygens (including phenoxy) is 1. The van der Waals surface area contributed by atoms with Crippen molar-refractivity contribution in [1.82, 2.24) is 14.5 Å². The second kappa shape index (κ2) is 5.01. The zero-order valence-corrected chi connectivity index (χ0v) is 12.0. The Bertz CT molecular complexity index is 706. The third-order valence-corrected chi connectivity index (χ3v) is 3.38. The predicted molar refractivity (Wildman–Crippen MR) is 77.3 cm³/mol. The first-order valence-corrected chi connectivity index (χ1v) is 6.66. The van der Waals surface area contributed by atoms with Crippen LogP contribution in [0.15, 0.2) is 47.3 Å². The molecule has 3 aromatic rings. The molecule has 0 saturated carbocycles. The lowest BCUT2D eigenvalue weighted by Gasteiger charge is -2.05. The summed E-state index contributed by atoms with van der Waals surface area (Å²) in [7, 11) is 1.67. The summed E-state index contributed by atoms with van der Waals surface area (Å²) >= 11 is 3.39. The molecule has 0 radical (unpaired) electrons. The average Bonchev–Trinajstić information content (AvgIpc) is 2.82. The van der Waals surface area contributed by atoms with Crippen LogP contribution in [0.1, 0.15) is 5.56 Å². The normalized spacial score (nSPS) is 10.8. The Morgan fingerprint density at radius 1 is 1.16 bits per heavy atom. The van der Waals surface area contributed by atoms with Gasteiger partial charge in [0.05, 0.1) is 20.0 Å². The maximum Gasteiger partial charge on any atom is 0.161 e. The Morgan fingerprint density at radius 2 is 1.95 bits per heavy atom. The summed E-state index contributed by atoms with van der Waals surface area (Å²) < 4.78 is 8.00. The number of rotatable bonds is 3. The first kappa shape index (κ1) is 12.2. The number of nitrogens with zero attached hydrogens (tertiary/aromatic N) is 3. The molecule has 5 heteroatoms. The molecule has 0 bridgehead atoms. The summed E-state index contributed by atoms with van der Waals surface area (Å²) in [5.74, 6) is 0.861. The summed E-state index contributed by atoms with van der Waals surface area (Å²) in [6.07, 6.45) is 1.81. The summed E-state index contributed by atoms with van der Waals surface area (Å²) in [5, 5.41) is 0. The van der Waals surface area contributed by atoms with Gasteiger partial charge in [-0.1, -0.05) is 12.1 Å². The molecule has 0 N–H and O–H groups in total. The monoisotopic (exact) mass is 317 g/mol. The lowest BCUT2D eigenvalue weighted by atomic mass is 10.2. The van der Waals surface area contributed by atoms with Gasteiger partial charge in [-0.25, -0.2) is 9.97 Å². The van der Waals surface area contributed by atoms with Gasteiger partial charge >= 0.3 is 0 Å². The fraction of sp³-hybridized carbons (Fsp3) is 0.143. The van der Waals surface area contributed by atoms with Crippen LogP contribution in [0, 0.1) is 0 Å². The molecule has 0 aliphatic carbocycles. The van der Waals surface area contributed by atoms with Gasteiger partial charge in [-0.2, -0.15) is 0 Å². The summed E-state index contributed by atoms with van der Waals surface area (Å²) in [6, 6.07) is 11.9. The third kappa shape index (κ3) is 2.46. The van der Waals surface area contributed by atoms with Crippen molar-refractivity contribution >= 4 is 27.1 Å². The fourth-order valence-electron chi connectivity index (χ4n) is 1.96. The highest BCUT2D eigenvalue weighted by molar-refractivity contribution is 9.10. The molecule has 0 spiro atoms. The van der Waals surface area contributed by atoms with Gasteiger partial charge in [0.1, 0.15) is 15.9 Å². The highest BCUT2D eigenvalue weighted by Crippen LogP contribution is 2.17. The number of pyridine rings is 1. The minimum atomic E-state index is 0.740. The van der Waals surface area contributed by atoms with Crippen LogP contribution >= 0.6 is 15.9 Å². The number of imidazole rings is 1. The van der Waals surface area contributed by atoms with E-state index in [1.807, 2.05) is 47.3 Å². The summed E-state index contributed by atoms with van der Waals surface area (Å²) in [4.78, 5) is 8.80. The van der Waals surface area contributed by atoms with Crippen LogP contribution in [0.3, 0.4) is 0 Å². The molecule has 2 heterocycles. The Morgan fingerprint density at radius 3 is 2.68 bits per heavy atom. The largest absolute Gasteiger partial charge is 0.497 e. The predicted octanol–water partition coefficient (Wildman–Crippen LogP) is 3.25. The van der Waals surface area contributed by atoms with E-state index in [4.69, 9.17) is 4.74 Å². The van der Waals surface area contributed by atoms with E-state index >= 15 is 0 Å². The molecule has 19 heavy (non-hydrogen) atoms. The molecule has 0 aliphatic heterocycles. The van der Waals surface area contributed by atoms with E-state index < -0.39 is 0 Å². The molecule has 0 fully saturated rings. The minimum Gasteiger partial charge on any atom is -0.497 e. The van der Waals surface area contributed by atoms with Crippen molar-refractivity contribution in [3.05, 3.63) is 52.9 Å². The van der Waals surface area contributed by atoms with Crippen molar-refractivity contribution in [3.63, 3.8) is 0 Å². The lowest BCUT2D eigenvalue weighted by Crippen LogP contribution is -1.99. The van der Waals surface area contributed by atoms with Gasteiger partial charge in [0.25, 0.3) is 0 Å². The van der Waals surface area contributed by atoms with Gasteiger partial charge in [0.15, 0.2) is 5.65 Å². The number of halogens is 1. The molecule has 3 rings (SSSR count). The van der Waals surface area contributed by atoms with Gasteiger partial charge in [0.2, 0.25) is 0 Å². The number of aromatic nitrogens is 3. The minimum absolute atomic E-state index is 0.740. The number of benzene rings is 1. The SMILES string of the molecule is COc1ccc(Cn2cnc3ccc(Br)nc32)cc1. The van der Waals surface area contributed by atoms with Crippen LogP contribution < -0.4 is 4.74 Å². The van der Waals surface area contributed by atoms with E-state index in [1.54, 1.807) is 7.11 Å². The van der Waals surface area contributed by atoms with Crippen LogP contribution in [0.5, 0.6) is 5.75 Å². The molecule has 96 valence electrons. The van der Waals surface area contributed by atoms with Crippen molar-refractivity contribution in [2.75, 3.05) is 7.11 Å². The van der Waals surface area contributed by atoms with Crippen LogP contribution in [0.4, 0.5) is 0 Å². The quantitative estimate of drug-likeness (QED) is 0.696. The van der Waals surface area contributed by atoms with Crippen molar-refractivity contribution in [2.24, 2.45) is 0 Å². The Balaban J connectivity index is 1.93. The molecule has 4 nitrogen and oxygen atoms in total. The highest BCUT2D eigenvalue weighted by Gasteiger charge is 2.05. The summed E-state index contributed by atoms with van der Waals surface area (Å²) in [6.45, 7) is 0.740. The van der Waals surface area contributed by atoms with Crippen LogP contribution in [-0.2, 0) is 6.54 Å². The molecule has 1 aromatic carbocycles. The van der Waals surface area contributed by atoms with Crippen LogP contribution in [0.2, 0.25) is 0 Å². The third-order valence-electron chi connectivity index (χ3n) is 2.94. The van der Waals surface area contributed by atoms with Gasteiger partial charge in [0, 0.05) is 0 Å². The zero-order chi connectivity index (χ0) is 13.2. The van der Waals surface area contributed by atoms with Gasteiger partial charge in [-0.15, -0.1) is 0 Å². The number of fused-ring (bicyclic) bond motifs is 1. The maximum absolute atomic E-state index is 5.15. The van der Waals surface area contributed by atoms with E-state index in [-0.39, 0.29) is 0 Å². The molecule has 0 aliphatic rings. The van der Waals surface area contributed by atoms with E-state index in [9.17, 15) is 0 Å². The first-order chi connectivity index (χ1) is 9.26. The van der Waals surface area contributed by atoms with E-state index in [1.165, 1.54) is 5.56 Å². The lowest BCUT2D eigenvalue weighted by molar-refractivity contribution is 0.414. The number of hydrogen-bond donors (Lipinski definition) is 0. The number of methoxy groups -OCH3 is 1. The molecular formula is C14H12BrN3O. The molecule has 2 aromatic heterocycles. The Labute approximate surface area is 119 Å². The van der Waals surface area contributed by atoms with Crippen molar-refractivity contribution in [1.29, 1.82) is 0 Å². The molecular weight excluding hydrogens is 306 g/mol. The Kier molecular flexibility index (Phi) is 3.21. The van der Waals surface area contributed by atoms with Gasteiger partial charge < -0.3 is 9.30 Å². The number of hydrogen-bond acceptors (Lipinski definition) is 3. The molecule has 0 unspecified atom stereocenters. The van der Waals surface area contributed by atoms with Crippen molar-refractivity contribution in [3.8, 4) is 5.75 Å². The van der Waals surface area contributed by atoms with Gasteiger partial charge in [-0.3, -0.25) is 0 Å². The van der Waals surface area contributed by atoms with E-state index in [2.05, 4.69) is 25.9 Å². The van der Waals surface area contributed by atoms with Crippen molar-refractivity contribution < 1.29 is 4.74 Å². The van der Waals surface area contributed by atoms with Crippen molar-refractivity contribution in [2.45, 2.75) is 6.54 Å². The topological polar surface area (TPSA) is 39.9 Å². The van der Waals surface area contributed by atoms with Crippen LogP contribution in [-0.4, -0.2) is 21.6 Å². The van der Waals surface area contributed by atoms with E-state index in [0.29, 0.717) is 0 Å². The highest BCUT2D eigenvalue weighted by atomic mass is 79.9. The Hall–Kier alpha value is -1.88. The second-order valence-electron chi connectivity index (χ2n) is 4.20. The molecule has 0 amide bonds. The van der Waals surface area contributed by atoms with E-state index in [0.717, 1.165) is 28.1 Å². The second-order valence-corrected chi connectivity index (χ2v) is 5.01. The van der Waals surface area contributed by atoms with Gasteiger partial charge in [-0.05, 0) is 45.8 Å². The molecule has 0 atom stereocenters. The molecule has 0 saturated heterocycles. The maximum atomic E-state index is 5.15. The standard InChI is InChI=1S/C14H12BrN3O/c1-19-11-4-2-10(3-5-11)8-18-9-16-12-6-7-13(15)17-14(12)18/h2-7,9H,8H2,1H3. The zero-order valence-electron chi connectivity index (χ0n) is 10.4.